The zero-order chi connectivity index (χ0) is 19.0. The van der Waals surface area contributed by atoms with Crippen LogP contribution >= 0.6 is 0 Å². The van der Waals surface area contributed by atoms with E-state index in [9.17, 15) is 18.7 Å². The van der Waals surface area contributed by atoms with Gasteiger partial charge in [-0.05, 0) is 36.4 Å². The first-order chi connectivity index (χ1) is 12.9. The number of anilines is 2. The lowest BCUT2D eigenvalue weighted by molar-refractivity contribution is -0.286. The lowest BCUT2D eigenvalue weighted by Gasteiger charge is -2.36. The van der Waals surface area contributed by atoms with Crippen LogP contribution in [0.5, 0.6) is 17.2 Å². The Morgan fingerprint density at radius 1 is 1.00 bits per heavy atom. The minimum Gasteiger partial charge on any atom is -0.508 e. The van der Waals surface area contributed by atoms with Gasteiger partial charge in [0.1, 0.15) is 5.75 Å². The van der Waals surface area contributed by atoms with E-state index < -0.39 is 6.29 Å². The van der Waals surface area contributed by atoms with Crippen LogP contribution in [-0.4, -0.2) is 48.5 Å². The van der Waals surface area contributed by atoms with Gasteiger partial charge in [0.2, 0.25) is 0 Å². The number of phenolic OH excluding ortho intramolecular Hbond substituents is 1. The van der Waals surface area contributed by atoms with Crippen molar-refractivity contribution >= 4 is 17.4 Å². The summed E-state index contributed by atoms with van der Waals surface area (Å²) in [7, 11) is 0. The molecule has 4 rings (SSSR count). The molecule has 2 aliphatic heterocycles. The molecule has 0 aromatic heterocycles. The van der Waals surface area contributed by atoms with Crippen molar-refractivity contribution in [2.45, 2.75) is 6.29 Å². The van der Waals surface area contributed by atoms with Gasteiger partial charge in [-0.1, -0.05) is 0 Å². The number of carbonyl (C=O) groups excluding carboxylic acids is 1. The van der Waals surface area contributed by atoms with Crippen LogP contribution in [0.25, 0.3) is 0 Å². The molecule has 2 aromatic carbocycles. The number of rotatable bonds is 2. The molecule has 0 radical (unpaired) electrons. The van der Waals surface area contributed by atoms with E-state index in [-0.39, 0.29) is 23.3 Å². The van der Waals surface area contributed by atoms with Gasteiger partial charge in [0.15, 0.2) is 11.5 Å². The quantitative estimate of drug-likeness (QED) is 0.842. The fourth-order valence-electron chi connectivity index (χ4n) is 3.06. The van der Waals surface area contributed by atoms with Gasteiger partial charge >= 0.3 is 12.3 Å². The second-order valence-electron chi connectivity index (χ2n) is 6.25. The fourth-order valence-corrected chi connectivity index (χ4v) is 3.06. The molecule has 0 bridgehead atoms. The molecule has 0 unspecified atom stereocenters. The predicted molar refractivity (Wildman–Crippen MR) is 93.6 cm³/mol. The van der Waals surface area contributed by atoms with Crippen molar-refractivity contribution in [3.8, 4) is 17.2 Å². The van der Waals surface area contributed by atoms with Gasteiger partial charge in [0.05, 0.1) is 0 Å². The molecule has 142 valence electrons. The first-order valence-electron chi connectivity index (χ1n) is 8.39. The standard InChI is InChI=1S/C18H17F2N3O4/c19-18(20)26-15-6-1-12(11-16(15)27-18)21-17(25)23-9-7-22(8-10-23)13-2-4-14(24)5-3-13/h1-6,11,24H,7-10H2,(H,21,25). The van der Waals surface area contributed by atoms with Gasteiger partial charge < -0.3 is 29.7 Å². The van der Waals surface area contributed by atoms with Crippen LogP contribution < -0.4 is 19.7 Å². The van der Waals surface area contributed by atoms with Crippen molar-refractivity contribution < 1.29 is 28.2 Å². The van der Waals surface area contributed by atoms with E-state index in [0.717, 1.165) is 5.69 Å². The number of alkyl halides is 2. The lowest BCUT2D eigenvalue weighted by atomic mass is 10.2. The highest BCUT2D eigenvalue weighted by atomic mass is 19.3. The number of carbonyl (C=O) groups is 1. The predicted octanol–water partition coefficient (Wildman–Crippen LogP) is 3.07. The zero-order valence-electron chi connectivity index (χ0n) is 14.2. The fraction of sp³-hybridized carbons (Fsp3) is 0.278. The van der Waals surface area contributed by atoms with Gasteiger partial charge in [-0.25, -0.2) is 4.79 Å². The Bertz CT molecular complexity index is 852. The van der Waals surface area contributed by atoms with Crippen LogP contribution in [0.2, 0.25) is 0 Å². The largest absolute Gasteiger partial charge is 0.586 e. The number of urea groups is 1. The Morgan fingerprint density at radius 3 is 2.37 bits per heavy atom. The van der Waals surface area contributed by atoms with E-state index in [0.29, 0.717) is 31.9 Å². The number of aromatic hydroxyl groups is 1. The Morgan fingerprint density at radius 2 is 1.67 bits per heavy atom. The van der Waals surface area contributed by atoms with Crippen LogP contribution in [0.4, 0.5) is 25.0 Å². The van der Waals surface area contributed by atoms with Gasteiger partial charge in [-0.2, -0.15) is 0 Å². The summed E-state index contributed by atoms with van der Waals surface area (Å²) in [6.45, 7) is 2.31. The average molecular weight is 377 g/mol. The van der Waals surface area contributed by atoms with E-state index in [2.05, 4.69) is 19.7 Å². The molecule has 2 aliphatic rings. The van der Waals surface area contributed by atoms with E-state index >= 15 is 0 Å². The summed E-state index contributed by atoms with van der Waals surface area (Å²) in [5.41, 5.74) is 1.32. The third kappa shape index (κ3) is 3.67. The summed E-state index contributed by atoms with van der Waals surface area (Å²) in [5.74, 6) is 0.0220. The van der Waals surface area contributed by atoms with Crippen molar-refractivity contribution in [2.75, 3.05) is 36.4 Å². The van der Waals surface area contributed by atoms with Gasteiger partial charge in [-0.15, -0.1) is 8.78 Å². The van der Waals surface area contributed by atoms with Crippen LogP contribution in [0, 0.1) is 0 Å². The Labute approximate surface area is 153 Å². The maximum Gasteiger partial charge on any atom is 0.586 e. The highest BCUT2D eigenvalue weighted by Gasteiger charge is 2.43. The van der Waals surface area contributed by atoms with E-state index in [1.54, 1.807) is 17.0 Å². The van der Waals surface area contributed by atoms with Crippen LogP contribution in [0.15, 0.2) is 42.5 Å². The minimum atomic E-state index is -3.68. The number of nitrogens with one attached hydrogen (secondary N) is 1. The Balaban J connectivity index is 1.34. The lowest BCUT2D eigenvalue weighted by Crippen LogP contribution is -2.50. The zero-order valence-corrected chi connectivity index (χ0v) is 14.2. The highest BCUT2D eigenvalue weighted by molar-refractivity contribution is 5.90. The van der Waals surface area contributed by atoms with Gasteiger partial charge in [0, 0.05) is 43.6 Å². The smallest absolute Gasteiger partial charge is 0.508 e. The normalized spacial score (nSPS) is 17.7. The molecule has 2 heterocycles. The number of ether oxygens (including phenoxy) is 2. The molecule has 0 aliphatic carbocycles. The Hall–Kier alpha value is -3.23. The molecule has 7 nitrogen and oxygen atoms in total. The monoisotopic (exact) mass is 377 g/mol. The summed E-state index contributed by atoms with van der Waals surface area (Å²) in [5, 5.41) is 12.0. The van der Waals surface area contributed by atoms with Crippen molar-refractivity contribution in [3.63, 3.8) is 0 Å². The maximum atomic E-state index is 13.1. The number of hydrogen-bond donors (Lipinski definition) is 2. The van der Waals surface area contributed by atoms with Crippen LogP contribution in [0.1, 0.15) is 0 Å². The molecule has 0 spiro atoms. The average Bonchev–Trinajstić information content (AvgIpc) is 2.95. The van der Waals surface area contributed by atoms with E-state index in [4.69, 9.17) is 0 Å². The number of nitrogens with zero attached hydrogens (tertiary/aromatic N) is 2. The second-order valence-corrected chi connectivity index (χ2v) is 6.25. The van der Waals surface area contributed by atoms with E-state index in [1.807, 2.05) is 12.1 Å². The Kier molecular flexibility index (Phi) is 4.14. The summed E-state index contributed by atoms with van der Waals surface area (Å²) >= 11 is 0. The summed E-state index contributed by atoms with van der Waals surface area (Å²) in [6, 6.07) is 10.7. The molecule has 1 fully saturated rings. The first-order valence-corrected chi connectivity index (χ1v) is 8.39. The van der Waals surface area contributed by atoms with Crippen molar-refractivity contribution in [1.29, 1.82) is 0 Å². The molecule has 1 saturated heterocycles. The summed E-state index contributed by atoms with van der Waals surface area (Å²) < 4.78 is 34.8. The van der Waals surface area contributed by atoms with Crippen LogP contribution in [-0.2, 0) is 0 Å². The molecule has 2 N–H and O–H groups in total. The molecular weight excluding hydrogens is 360 g/mol. The highest BCUT2D eigenvalue weighted by Crippen LogP contribution is 2.42. The number of hydrogen-bond acceptors (Lipinski definition) is 5. The molecule has 2 aromatic rings. The molecule has 9 heteroatoms. The molecule has 0 atom stereocenters. The molecular formula is C18H17F2N3O4. The van der Waals surface area contributed by atoms with Crippen molar-refractivity contribution in [1.82, 2.24) is 4.90 Å². The number of benzene rings is 2. The number of piperazine rings is 1. The SMILES string of the molecule is O=C(Nc1ccc2c(c1)OC(F)(F)O2)N1CCN(c2ccc(O)cc2)CC1. The number of amides is 2. The minimum absolute atomic E-state index is 0.0690. The van der Waals surface area contributed by atoms with Gasteiger partial charge in [-0.3, -0.25) is 0 Å². The summed E-state index contributed by atoms with van der Waals surface area (Å²) in [6.07, 6.45) is -3.68. The topological polar surface area (TPSA) is 74.3 Å². The summed E-state index contributed by atoms with van der Waals surface area (Å²) in [4.78, 5) is 16.2. The molecule has 27 heavy (non-hydrogen) atoms. The van der Waals surface area contributed by atoms with Gasteiger partial charge in [0.25, 0.3) is 0 Å². The van der Waals surface area contributed by atoms with Crippen LogP contribution in [0.3, 0.4) is 0 Å². The molecule has 2 amide bonds. The number of halogens is 2. The third-order valence-corrected chi connectivity index (χ3v) is 4.43. The second kappa shape index (κ2) is 6.49. The molecule has 0 saturated carbocycles. The number of phenols is 1. The van der Waals surface area contributed by atoms with Crippen molar-refractivity contribution in [3.05, 3.63) is 42.5 Å². The third-order valence-electron chi connectivity index (χ3n) is 4.43. The van der Waals surface area contributed by atoms with Crippen molar-refractivity contribution in [2.24, 2.45) is 0 Å². The number of fused-ring (bicyclic) bond motifs is 1. The maximum absolute atomic E-state index is 13.1. The van der Waals surface area contributed by atoms with E-state index in [1.165, 1.54) is 18.2 Å². The first kappa shape index (κ1) is 17.2.